The molecule has 0 bridgehead atoms. The second-order valence-corrected chi connectivity index (χ2v) is 9.14. The molecule has 1 heterocycles. The molecule has 0 aliphatic heterocycles. The minimum Gasteiger partial charge on any atom is -0.465 e. The van der Waals surface area contributed by atoms with Gasteiger partial charge in [0, 0.05) is 22.5 Å². The number of esters is 1. The number of aromatic nitrogens is 1. The van der Waals surface area contributed by atoms with Crippen molar-refractivity contribution in [1.82, 2.24) is 4.57 Å². The lowest BCUT2D eigenvalue weighted by atomic mass is 10.1. The van der Waals surface area contributed by atoms with Gasteiger partial charge in [0.1, 0.15) is 0 Å². The van der Waals surface area contributed by atoms with Crippen LogP contribution in [0.2, 0.25) is 10.0 Å². The molecular formula is C31H22Cl2N2O2. The molecule has 1 aromatic heterocycles. The van der Waals surface area contributed by atoms with E-state index in [0.717, 1.165) is 33.8 Å². The Balaban J connectivity index is 1.76. The van der Waals surface area contributed by atoms with Crippen LogP contribution in [0.4, 0.5) is 5.69 Å². The quantitative estimate of drug-likeness (QED) is 0.165. The van der Waals surface area contributed by atoms with Crippen molar-refractivity contribution in [3.63, 3.8) is 0 Å². The fourth-order valence-corrected chi connectivity index (χ4v) is 4.53. The number of hydrogen-bond donors (Lipinski definition) is 0. The van der Waals surface area contributed by atoms with Gasteiger partial charge in [-0.2, -0.15) is 0 Å². The first-order valence-corrected chi connectivity index (χ1v) is 12.3. The van der Waals surface area contributed by atoms with Crippen LogP contribution in [0.1, 0.15) is 15.9 Å². The molecule has 0 aliphatic carbocycles. The third kappa shape index (κ3) is 5.21. The number of carbonyl (C=O) groups is 1. The summed E-state index contributed by atoms with van der Waals surface area (Å²) in [5, 5.41) is 1.08. The molecule has 0 saturated carbocycles. The molecule has 5 rings (SSSR count). The van der Waals surface area contributed by atoms with Gasteiger partial charge in [-0.25, -0.2) is 4.79 Å². The van der Waals surface area contributed by atoms with E-state index in [1.807, 2.05) is 54.7 Å². The van der Waals surface area contributed by atoms with Gasteiger partial charge in [0.25, 0.3) is 0 Å². The predicted molar refractivity (Wildman–Crippen MR) is 152 cm³/mol. The maximum absolute atomic E-state index is 12.0. The van der Waals surface area contributed by atoms with E-state index in [0.29, 0.717) is 21.3 Å². The Morgan fingerprint density at radius 3 is 2.11 bits per heavy atom. The van der Waals surface area contributed by atoms with Crippen LogP contribution in [0.5, 0.6) is 0 Å². The van der Waals surface area contributed by atoms with E-state index in [1.54, 1.807) is 30.3 Å². The Morgan fingerprint density at radius 2 is 1.46 bits per heavy atom. The number of benzene rings is 4. The lowest BCUT2D eigenvalue weighted by Crippen LogP contribution is -2.03. The molecule has 0 fully saturated rings. The van der Waals surface area contributed by atoms with Crippen molar-refractivity contribution < 1.29 is 9.53 Å². The SMILES string of the molecule is COC(=O)c1ccc(-n2c(-c3ccccc3)cc(C=Nc3cc(Cl)ccc3Cl)c2-c2ccccc2)cc1. The highest BCUT2D eigenvalue weighted by Crippen LogP contribution is 2.36. The minimum atomic E-state index is -0.378. The average Bonchev–Trinajstić information content (AvgIpc) is 3.33. The van der Waals surface area contributed by atoms with Gasteiger partial charge in [-0.3, -0.25) is 4.99 Å². The first-order valence-electron chi connectivity index (χ1n) is 11.6. The Morgan fingerprint density at radius 1 is 0.811 bits per heavy atom. The van der Waals surface area contributed by atoms with Crippen molar-refractivity contribution in [2.45, 2.75) is 0 Å². The van der Waals surface area contributed by atoms with E-state index in [9.17, 15) is 4.79 Å². The summed E-state index contributed by atoms with van der Waals surface area (Å²) >= 11 is 12.6. The lowest BCUT2D eigenvalue weighted by Gasteiger charge is -2.15. The van der Waals surface area contributed by atoms with Crippen molar-refractivity contribution in [2.24, 2.45) is 4.99 Å². The monoisotopic (exact) mass is 524 g/mol. The predicted octanol–water partition coefficient (Wildman–Crippen LogP) is 8.66. The topological polar surface area (TPSA) is 43.6 Å². The summed E-state index contributed by atoms with van der Waals surface area (Å²) in [7, 11) is 1.38. The van der Waals surface area contributed by atoms with Crippen LogP contribution < -0.4 is 0 Å². The van der Waals surface area contributed by atoms with Crippen molar-refractivity contribution in [3.05, 3.63) is 130 Å². The van der Waals surface area contributed by atoms with Crippen LogP contribution >= 0.6 is 23.2 Å². The normalized spacial score (nSPS) is 11.1. The summed E-state index contributed by atoms with van der Waals surface area (Å²) in [6, 6.07) is 34.9. The van der Waals surface area contributed by atoms with Gasteiger partial charge in [0.2, 0.25) is 0 Å². The molecule has 4 aromatic carbocycles. The molecule has 0 radical (unpaired) electrons. The standard InChI is InChI=1S/C31H22Cl2N2O2/c1-37-31(36)23-12-15-26(16-13-23)35-29(21-8-4-2-5-9-21)18-24(30(35)22-10-6-3-7-11-22)20-34-28-19-25(32)14-17-27(28)33/h2-20H,1H3. The molecule has 37 heavy (non-hydrogen) atoms. The van der Waals surface area contributed by atoms with Gasteiger partial charge in [0.05, 0.1) is 34.8 Å². The summed E-state index contributed by atoms with van der Waals surface area (Å²) in [5.74, 6) is -0.378. The summed E-state index contributed by atoms with van der Waals surface area (Å²) in [6.45, 7) is 0. The number of rotatable bonds is 6. The largest absolute Gasteiger partial charge is 0.465 e. The summed E-state index contributed by atoms with van der Waals surface area (Å²) in [5.41, 5.74) is 6.85. The van der Waals surface area contributed by atoms with Crippen molar-refractivity contribution >= 4 is 41.1 Å². The molecule has 0 spiro atoms. The smallest absolute Gasteiger partial charge is 0.337 e. The second-order valence-electron chi connectivity index (χ2n) is 8.29. The Bertz CT molecular complexity index is 1580. The summed E-state index contributed by atoms with van der Waals surface area (Å²) in [6.07, 6.45) is 1.81. The fraction of sp³-hybridized carbons (Fsp3) is 0.0323. The van der Waals surface area contributed by atoms with E-state index >= 15 is 0 Å². The van der Waals surface area contributed by atoms with Gasteiger partial charge >= 0.3 is 5.97 Å². The van der Waals surface area contributed by atoms with Crippen LogP contribution in [0.3, 0.4) is 0 Å². The lowest BCUT2D eigenvalue weighted by molar-refractivity contribution is 0.0600. The van der Waals surface area contributed by atoms with Crippen molar-refractivity contribution in [3.8, 4) is 28.2 Å². The molecular weight excluding hydrogens is 503 g/mol. The fourth-order valence-electron chi connectivity index (χ4n) is 4.20. The van der Waals surface area contributed by atoms with Crippen LogP contribution in [-0.4, -0.2) is 23.9 Å². The second kappa shape index (κ2) is 10.9. The molecule has 4 nitrogen and oxygen atoms in total. The van der Waals surface area contributed by atoms with E-state index in [4.69, 9.17) is 32.9 Å². The zero-order chi connectivity index (χ0) is 25.8. The molecule has 6 heteroatoms. The van der Waals surface area contributed by atoms with Crippen LogP contribution in [0, 0.1) is 0 Å². The first kappa shape index (κ1) is 24.6. The summed E-state index contributed by atoms with van der Waals surface area (Å²) < 4.78 is 7.05. The third-order valence-electron chi connectivity index (χ3n) is 5.94. The van der Waals surface area contributed by atoms with Gasteiger partial charge in [-0.05, 0) is 59.7 Å². The number of nitrogens with zero attached hydrogens (tertiary/aromatic N) is 2. The van der Waals surface area contributed by atoms with E-state index in [2.05, 4.69) is 34.9 Å². The van der Waals surface area contributed by atoms with Gasteiger partial charge in [0.15, 0.2) is 0 Å². The van der Waals surface area contributed by atoms with Gasteiger partial charge in [-0.15, -0.1) is 0 Å². The van der Waals surface area contributed by atoms with E-state index < -0.39 is 0 Å². The minimum absolute atomic E-state index is 0.378. The highest BCUT2D eigenvalue weighted by molar-refractivity contribution is 6.35. The molecule has 0 atom stereocenters. The van der Waals surface area contributed by atoms with E-state index in [-0.39, 0.29) is 5.97 Å². The first-order chi connectivity index (χ1) is 18.0. The van der Waals surface area contributed by atoms with Crippen molar-refractivity contribution in [2.75, 3.05) is 7.11 Å². The number of aliphatic imine (C=N–C) groups is 1. The highest BCUT2D eigenvalue weighted by Gasteiger charge is 2.19. The Hall–Kier alpha value is -4.12. The van der Waals surface area contributed by atoms with Crippen molar-refractivity contribution in [1.29, 1.82) is 0 Å². The molecule has 0 aliphatic rings. The molecule has 5 aromatic rings. The number of methoxy groups -OCH3 is 1. The molecule has 0 unspecified atom stereocenters. The van der Waals surface area contributed by atoms with Crippen LogP contribution in [-0.2, 0) is 4.74 Å². The van der Waals surface area contributed by atoms with Gasteiger partial charge in [-0.1, -0.05) is 83.9 Å². The molecule has 182 valence electrons. The summed E-state index contributed by atoms with van der Waals surface area (Å²) in [4.78, 5) is 16.7. The Kier molecular flexibility index (Phi) is 7.22. The van der Waals surface area contributed by atoms with Gasteiger partial charge < -0.3 is 9.30 Å². The molecule has 0 N–H and O–H groups in total. The number of hydrogen-bond acceptors (Lipinski definition) is 3. The third-order valence-corrected chi connectivity index (χ3v) is 6.50. The average molecular weight is 525 g/mol. The number of halogens is 2. The maximum atomic E-state index is 12.0. The highest BCUT2D eigenvalue weighted by atomic mass is 35.5. The molecule has 0 amide bonds. The maximum Gasteiger partial charge on any atom is 0.337 e. The van der Waals surface area contributed by atoms with E-state index in [1.165, 1.54) is 7.11 Å². The van der Waals surface area contributed by atoms with Crippen LogP contribution in [0.15, 0.2) is 114 Å². The number of ether oxygens (including phenoxy) is 1. The Labute approximate surface area is 225 Å². The zero-order valence-electron chi connectivity index (χ0n) is 19.9. The van der Waals surface area contributed by atoms with Crippen LogP contribution in [0.25, 0.3) is 28.2 Å². The molecule has 0 saturated heterocycles. The zero-order valence-corrected chi connectivity index (χ0v) is 21.4. The number of carbonyl (C=O) groups excluding carboxylic acids is 1.